The molecule has 24 heavy (non-hydrogen) atoms. The van der Waals surface area contributed by atoms with E-state index in [-0.39, 0.29) is 11.8 Å². The summed E-state index contributed by atoms with van der Waals surface area (Å²) >= 11 is 0. The molecular weight excluding hydrogens is 300 g/mol. The van der Waals surface area contributed by atoms with Crippen molar-refractivity contribution in [2.45, 2.75) is 19.3 Å². The van der Waals surface area contributed by atoms with Crippen LogP contribution in [0.4, 0.5) is 0 Å². The fourth-order valence-corrected chi connectivity index (χ4v) is 2.96. The highest BCUT2D eigenvalue weighted by Gasteiger charge is 2.29. The molecule has 5 heteroatoms. The number of hydrogen-bond donors (Lipinski definition) is 2. The molecule has 0 bridgehead atoms. The second-order valence-electron chi connectivity index (χ2n) is 6.33. The summed E-state index contributed by atoms with van der Waals surface area (Å²) in [7, 11) is 1.81. The van der Waals surface area contributed by atoms with Crippen molar-refractivity contribution in [3.05, 3.63) is 42.0 Å². The van der Waals surface area contributed by atoms with Crippen molar-refractivity contribution in [3.8, 4) is 0 Å². The molecule has 1 aliphatic carbocycles. The predicted molar refractivity (Wildman–Crippen MR) is 97.7 cm³/mol. The Morgan fingerprint density at radius 3 is 2.58 bits per heavy atom. The van der Waals surface area contributed by atoms with Crippen LogP contribution < -0.4 is 10.6 Å². The minimum Gasteiger partial charge on any atom is -0.354 e. The van der Waals surface area contributed by atoms with Crippen LogP contribution in [0.15, 0.2) is 41.4 Å². The molecule has 0 saturated heterocycles. The average molecular weight is 326 g/mol. The van der Waals surface area contributed by atoms with Gasteiger partial charge in [0.05, 0.1) is 0 Å². The van der Waals surface area contributed by atoms with Gasteiger partial charge in [-0.05, 0) is 30.4 Å². The third-order valence-electron chi connectivity index (χ3n) is 4.52. The van der Waals surface area contributed by atoms with Crippen molar-refractivity contribution in [1.29, 1.82) is 0 Å². The highest BCUT2D eigenvalue weighted by atomic mass is 16.2. The van der Waals surface area contributed by atoms with Gasteiger partial charge in [0, 0.05) is 39.1 Å². The number of carbonyl (C=O) groups is 1. The summed E-state index contributed by atoms with van der Waals surface area (Å²) in [6.45, 7) is 3.16. The van der Waals surface area contributed by atoms with E-state index in [0.717, 1.165) is 38.3 Å². The van der Waals surface area contributed by atoms with E-state index in [1.54, 1.807) is 0 Å². The molecule has 5 nitrogen and oxygen atoms in total. The van der Waals surface area contributed by atoms with Crippen LogP contribution in [0, 0.1) is 5.92 Å². The fourth-order valence-electron chi connectivity index (χ4n) is 2.96. The van der Waals surface area contributed by atoms with Gasteiger partial charge in [-0.15, -0.1) is 0 Å². The molecule has 1 amide bonds. The Labute approximate surface area is 143 Å². The van der Waals surface area contributed by atoms with E-state index >= 15 is 0 Å². The Balaban J connectivity index is 1.45. The molecule has 128 valence electrons. The van der Waals surface area contributed by atoms with Crippen LogP contribution in [0.25, 0.3) is 5.57 Å². The van der Waals surface area contributed by atoms with Crippen LogP contribution in [0.2, 0.25) is 0 Å². The van der Waals surface area contributed by atoms with Gasteiger partial charge < -0.3 is 15.5 Å². The van der Waals surface area contributed by atoms with Crippen LogP contribution in [0.5, 0.6) is 0 Å². The number of benzene rings is 1. The van der Waals surface area contributed by atoms with Crippen molar-refractivity contribution >= 4 is 17.4 Å². The molecule has 1 aliphatic heterocycles. The third kappa shape index (κ3) is 4.37. The summed E-state index contributed by atoms with van der Waals surface area (Å²) in [5, 5.41) is 6.31. The van der Waals surface area contributed by atoms with Crippen LogP contribution in [0.3, 0.4) is 0 Å². The number of carbonyl (C=O) groups excluding carboxylic acids is 1. The maximum atomic E-state index is 11.6. The van der Waals surface area contributed by atoms with E-state index in [2.05, 4.69) is 50.9 Å². The Bertz CT molecular complexity index is 620. The molecule has 1 heterocycles. The third-order valence-corrected chi connectivity index (χ3v) is 4.52. The van der Waals surface area contributed by atoms with Crippen LogP contribution in [0.1, 0.15) is 24.8 Å². The topological polar surface area (TPSA) is 56.7 Å². The quantitative estimate of drug-likeness (QED) is 0.493. The lowest BCUT2D eigenvalue weighted by Gasteiger charge is -2.29. The van der Waals surface area contributed by atoms with E-state index in [1.807, 2.05) is 13.1 Å². The predicted octanol–water partition coefficient (Wildman–Crippen LogP) is 1.88. The number of nitrogens with one attached hydrogen (secondary N) is 2. The Hall–Kier alpha value is -2.30. The highest BCUT2D eigenvalue weighted by molar-refractivity contribution is 5.82. The van der Waals surface area contributed by atoms with Gasteiger partial charge in [-0.25, -0.2) is 0 Å². The molecule has 0 atom stereocenters. The summed E-state index contributed by atoms with van der Waals surface area (Å²) < 4.78 is 0. The minimum absolute atomic E-state index is 0.195. The summed E-state index contributed by atoms with van der Waals surface area (Å²) in [4.78, 5) is 18.2. The average Bonchev–Trinajstić information content (AvgIpc) is 3.48. The summed E-state index contributed by atoms with van der Waals surface area (Å²) in [6.07, 6.45) is 5.39. The van der Waals surface area contributed by atoms with Crippen LogP contribution in [-0.4, -0.2) is 50.0 Å². The van der Waals surface area contributed by atoms with Crippen molar-refractivity contribution in [2.24, 2.45) is 10.9 Å². The largest absolute Gasteiger partial charge is 0.354 e. The Kier molecular flexibility index (Phi) is 5.51. The molecule has 2 aliphatic rings. The lowest BCUT2D eigenvalue weighted by molar-refractivity contribution is -0.122. The fraction of sp³-hybridized carbons (Fsp3) is 0.474. The molecule has 1 aromatic rings. The number of aliphatic imine (C=N–C) groups is 1. The molecule has 1 fully saturated rings. The van der Waals surface area contributed by atoms with Gasteiger partial charge in [0.2, 0.25) is 5.91 Å². The first-order valence-corrected chi connectivity index (χ1v) is 8.75. The molecular formula is C19H26N4O. The molecule has 0 aromatic heterocycles. The lowest BCUT2D eigenvalue weighted by atomic mass is 10.00. The Morgan fingerprint density at radius 2 is 1.96 bits per heavy atom. The lowest BCUT2D eigenvalue weighted by Crippen LogP contribution is -2.45. The van der Waals surface area contributed by atoms with Crippen molar-refractivity contribution < 1.29 is 4.79 Å². The standard InChI is InChI=1S/C19H26N4O/c1-20-19(22-12-11-21-18(24)17-7-8-17)23-13-9-16(10-14-23)15-5-3-2-4-6-15/h2-6,9,17H,7-8,10-14H2,1H3,(H,20,22)(H,21,24). The van der Waals surface area contributed by atoms with E-state index < -0.39 is 0 Å². The van der Waals surface area contributed by atoms with Crippen LogP contribution in [-0.2, 0) is 4.79 Å². The maximum Gasteiger partial charge on any atom is 0.223 e. The Morgan fingerprint density at radius 1 is 1.21 bits per heavy atom. The van der Waals surface area contributed by atoms with Gasteiger partial charge in [0.15, 0.2) is 5.96 Å². The number of amides is 1. The van der Waals surface area contributed by atoms with Crippen LogP contribution >= 0.6 is 0 Å². The molecule has 3 rings (SSSR count). The maximum absolute atomic E-state index is 11.6. The second kappa shape index (κ2) is 7.99. The van der Waals surface area contributed by atoms with E-state index in [9.17, 15) is 4.79 Å². The van der Waals surface area contributed by atoms with E-state index in [4.69, 9.17) is 0 Å². The summed E-state index contributed by atoms with van der Waals surface area (Å²) in [5.74, 6) is 1.37. The van der Waals surface area contributed by atoms with Gasteiger partial charge >= 0.3 is 0 Å². The molecule has 0 radical (unpaired) electrons. The van der Waals surface area contributed by atoms with Gasteiger partial charge in [0.1, 0.15) is 0 Å². The molecule has 1 aromatic carbocycles. The first-order chi connectivity index (χ1) is 11.8. The van der Waals surface area contributed by atoms with Crippen molar-refractivity contribution in [1.82, 2.24) is 15.5 Å². The first kappa shape index (κ1) is 16.6. The van der Waals surface area contributed by atoms with E-state index in [0.29, 0.717) is 13.1 Å². The number of hydrogen-bond acceptors (Lipinski definition) is 2. The normalized spacial score (nSPS) is 18.1. The second-order valence-corrected chi connectivity index (χ2v) is 6.33. The molecule has 2 N–H and O–H groups in total. The van der Waals surface area contributed by atoms with Gasteiger partial charge in [0.25, 0.3) is 0 Å². The summed E-state index contributed by atoms with van der Waals surface area (Å²) in [5.41, 5.74) is 2.71. The zero-order valence-electron chi connectivity index (χ0n) is 14.3. The van der Waals surface area contributed by atoms with Crippen molar-refractivity contribution in [3.63, 3.8) is 0 Å². The smallest absolute Gasteiger partial charge is 0.223 e. The molecule has 0 spiro atoms. The van der Waals surface area contributed by atoms with Gasteiger partial charge in [-0.2, -0.15) is 0 Å². The monoisotopic (exact) mass is 326 g/mol. The zero-order valence-corrected chi connectivity index (χ0v) is 14.3. The van der Waals surface area contributed by atoms with Crippen molar-refractivity contribution in [2.75, 3.05) is 33.2 Å². The molecule has 1 saturated carbocycles. The number of guanidine groups is 1. The SMILES string of the molecule is CN=C(NCCNC(=O)C1CC1)N1CC=C(c2ccccc2)CC1. The first-order valence-electron chi connectivity index (χ1n) is 8.75. The zero-order chi connectivity index (χ0) is 16.8. The van der Waals surface area contributed by atoms with E-state index in [1.165, 1.54) is 11.1 Å². The number of rotatable bonds is 5. The minimum atomic E-state index is 0.195. The van der Waals surface area contributed by atoms with Gasteiger partial charge in [-0.1, -0.05) is 36.4 Å². The summed E-state index contributed by atoms with van der Waals surface area (Å²) in [6, 6.07) is 10.5. The highest BCUT2D eigenvalue weighted by Crippen LogP contribution is 2.28. The molecule has 0 unspecified atom stereocenters. The van der Waals surface area contributed by atoms with Gasteiger partial charge in [-0.3, -0.25) is 9.79 Å². The number of nitrogens with zero attached hydrogens (tertiary/aromatic N) is 2.